The lowest BCUT2D eigenvalue weighted by atomic mass is 10.2. The van der Waals surface area contributed by atoms with Gasteiger partial charge in [-0.1, -0.05) is 11.6 Å². The fraction of sp³-hybridized carbons (Fsp3) is 0.375. The molecule has 0 saturated heterocycles. The van der Waals surface area contributed by atoms with Crippen LogP contribution in [0.15, 0.2) is 6.33 Å². The van der Waals surface area contributed by atoms with Crippen LogP contribution < -0.4 is 16.8 Å². The van der Waals surface area contributed by atoms with Crippen LogP contribution in [0.3, 0.4) is 0 Å². The Morgan fingerprint density at radius 2 is 2.31 bits per heavy atom. The molecule has 0 aromatic carbocycles. The van der Waals surface area contributed by atoms with Gasteiger partial charge in [0.15, 0.2) is 11.0 Å². The number of aliphatic carboxylic acids is 1. The second-order valence-corrected chi connectivity index (χ2v) is 3.44. The Morgan fingerprint density at radius 3 is 2.94 bits per heavy atom. The summed E-state index contributed by atoms with van der Waals surface area (Å²) in [6.45, 7) is 0.338. The summed E-state index contributed by atoms with van der Waals surface area (Å²) in [4.78, 5) is 18.0. The lowest BCUT2D eigenvalue weighted by molar-refractivity contribution is -0.138. The van der Waals surface area contributed by atoms with E-state index < -0.39 is 12.0 Å². The Kier molecular flexibility index (Phi) is 4.27. The van der Waals surface area contributed by atoms with Crippen molar-refractivity contribution in [2.75, 3.05) is 17.6 Å². The summed E-state index contributed by atoms with van der Waals surface area (Å²) in [5.74, 6) is -0.673. The third kappa shape index (κ3) is 3.21. The summed E-state index contributed by atoms with van der Waals surface area (Å²) in [5, 5.41) is 11.5. The van der Waals surface area contributed by atoms with E-state index in [1.807, 2.05) is 0 Å². The normalized spacial score (nSPS) is 12.1. The fourth-order valence-electron chi connectivity index (χ4n) is 0.984. The van der Waals surface area contributed by atoms with E-state index in [9.17, 15) is 4.79 Å². The first-order valence-electron chi connectivity index (χ1n) is 4.50. The standard InChI is InChI=1S/C8H12ClN5O2/c9-6-5(11)7(14-3-13-6)12-2-1-4(10)8(15)16/h3-4H,1-2,10-11H2,(H,15,16)(H,12,13,14). The molecule has 0 aliphatic heterocycles. The number of carbonyl (C=O) groups is 1. The third-order valence-electron chi connectivity index (χ3n) is 1.90. The lowest BCUT2D eigenvalue weighted by Gasteiger charge is -2.10. The van der Waals surface area contributed by atoms with E-state index >= 15 is 0 Å². The van der Waals surface area contributed by atoms with Crippen molar-refractivity contribution >= 4 is 29.1 Å². The maximum absolute atomic E-state index is 10.4. The molecule has 88 valence electrons. The maximum atomic E-state index is 10.4. The molecular weight excluding hydrogens is 234 g/mol. The first-order chi connectivity index (χ1) is 7.52. The summed E-state index contributed by atoms with van der Waals surface area (Å²) in [7, 11) is 0. The summed E-state index contributed by atoms with van der Waals surface area (Å²) in [6.07, 6.45) is 1.52. The average molecular weight is 246 g/mol. The van der Waals surface area contributed by atoms with Crippen molar-refractivity contribution in [3.63, 3.8) is 0 Å². The monoisotopic (exact) mass is 245 g/mol. The molecule has 0 fully saturated rings. The van der Waals surface area contributed by atoms with Gasteiger partial charge in [0.2, 0.25) is 0 Å². The Bertz CT molecular complexity index is 387. The van der Waals surface area contributed by atoms with Gasteiger partial charge in [-0.3, -0.25) is 4.79 Å². The number of nitrogens with zero attached hydrogens (tertiary/aromatic N) is 2. The van der Waals surface area contributed by atoms with Crippen molar-refractivity contribution < 1.29 is 9.90 Å². The smallest absolute Gasteiger partial charge is 0.320 e. The number of nitrogen functional groups attached to an aromatic ring is 1. The zero-order valence-corrected chi connectivity index (χ0v) is 9.11. The van der Waals surface area contributed by atoms with Crippen LogP contribution in [-0.2, 0) is 4.79 Å². The van der Waals surface area contributed by atoms with Crippen LogP contribution in [0.1, 0.15) is 6.42 Å². The molecule has 0 spiro atoms. The van der Waals surface area contributed by atoms with E-state index in [0.29, 0.717) is 12.4 Å². The molecule has 1 atom stereocenters. The summed E-state index contributed by atoms with van der Waals surface area (Å²) in [6, 6.07) is -0.911. The molecule has 0 radical (unpaired) electrons. The molecule has 7 nitrogen and oxygen atoms in total. The highest BCUT2D eigenvalue weighted by molar-refractivity contribution is 6.32. The van der Waals surface area contributed by atoms with Crippen LogP contribution in [0.5, 0.6) is 0 Å². The molecular formula is C8H12ClN5O2. The molecule has 1 aromatic heterocycles. The zero-order valence-electron chi connectivity index (χ0n) is 8.35. The second-order valence-electron chi connectivity index (χ2n) is 3.09. The van der Waals surface area contributed by atoms with Crippen molar-refractivity contribution in [2.24, 2.45) is 5.73 Å². The van der Waals surface area contributed by atoms with Gasteiger partial charge in [0, 0.05) is 6.54 Å². The Labute approximate surface area is 96.8 Å². The fourth-order valence-corrected chi connectivity index (χ4v) is 1.12. The largest absolute Gasteiger partial charge is 0.480 e. The number of nitrogens with one attached hydrogen (secondary N) is 1. The third-order valence-corrected chi connectivity index (χ3v) is 2.20. The molecule has 0 amide bonds. The Balaban J connectivity index is 2.49. The summed E-state index contributed by atoms with van der Waals surface area (Å²) >= 11 is 5.67. The summed E-state index contributed by atoms with van der Waals surface area (Å²) in [5.41, 5.74) is 11.1. The van der Waals surface area contributed by atoms with Crippen LogP contribution >= 0.6 is 11.6 Å². The Hall–Kier alpha value is -1.60. The van der Waals surface area contributed by atoms with E-state index in [1.165, 1.54) is 6.33 Å². The van der Waals surface area contributed by atoms with E-state index in [1.54, 1.807) is 0 Å². The molecule has 1 unspecified atom stereocenters. The Morgan fingerprint density at radius 1 is 1.62 bits per heavy atom. The molecule has 0 aliphatic carbocycles. The van der Waals surface area contributed by atoms with Gasteiger partial charge in [-0.05, 0) is 6.42 Å². The molecule has 1 aromatic rings. The molecule has 16 heavy (non-hydrogen) atoms. The number of rotatable bonds is 5. The molecule has 0 saturated carbocycles. The molecule has 1 heterocycles. The molecule has 0 bridgehead atoms. The highest BCUT2D eigenvalue weighted by Crippen LogP contribution is 2.21. The van der Waals surface area contributed by atoms with Crippen molar-refractivity contribution in [1.29, 1.82) is 0 Å². The van der Waals surface area contributed by atoms with E-state index in [-0.39, 0.29) is 17.3 Å². The number of anilines is 2. The highest BCUT2D eigenvalue weighted by atomic mass is 35.5. The van der Waals surface area contributed by atoms with Gasteiger partial charge in [-0.2, -0.15) is 0 Å². The maximum Gasteiger partial charge on any atom is 0.320 e. The predicted molar refractivity (Wildman–Crippen MR) is 60.2 cm³/mol. The van der Waals surface area contributed by atoms with Gasteiger partial charge in [0.05, 0.1) is 0 Å². The topological polar surface area (TPSA) is 127 Å². The number of hydrogen-bond acceptors (Lipinski definition) is 6. The zero-order chi connectivity index (χ0) is 12.1. The summed E-state index contributed by atoms with van der Waals surface area (Å²) < 4.78 is 0. The molecule has 6 N–H and O–H groups in total. The van der Waals surface area contributed by atoms with Crippen LogP contribution in [-0.4, -0.2) is 33.6 Å². The SMILES string of the molecule is Nc1c(Cl)ncnc1NCCC(N)C(=O)O. The first-order valence-corrected chi connectivity index (χ1v) is 4.88. The van der Waals surface area contributed by atoms with Gasteiger partial charge in [0.25, 0.3) is 0 Å². The van der Waals surface area contributed by atoms with Gasteiger partial charge >= 0.3 is 5.97 Å². The minimum Gasteiger partial charge on any atom is -0.480 e. The van der Waals surface area contributed by atoms with E-state index in [2.05, 4.69) is 15.3 Å². The first kappa shape index (κ1) is 12.5. The molecule has 8 heteroatoms. The number of carboxylic acids is 1. The number of halogens is 1. The average Bonchev–Trinajstić information content (AvgIpc) is 2.24. The number of nitrogens with two attached hydrogens (primary N) is 2. The van der Waals surface area contributed by atoms with Crippen LogP contribution in [0.4, 0.5) is 11.5 Å². The molecule has 0 aliphatic rings. The number of aromatic nitrogens is 2. The predicted octanol–water partition coefficient (Wildman–Crippen LogP) is -0.0739. The molecule has 1 rings (SSSR count). The van der Waals surface area contributed by atoms with Gasteiger partial charge in [0.1, 0.15) is 18.1 Å². The van der Waals surface area contributed by atoms with Crippen molar-refractivity contribution in [3.05, 3.63) is 11.5 Å². The van der Waals surface area contributed by atoms with Crippen LogP contribution in [0.2, 0.25) is 5.15 Å². The van der Waals surface area contributed by atoms with Crippen molar-refractivity contribution in [1.82, 2.24) is 9.97 Å². The van der Waals surface area contributed by atoms with E-state index in [4.69, 9.17) is 28.2 Å². The quantitative estimate of drug-likeness (QED) is 0.535. The minimum absolute atomic E-state index is 0.153. The second kappa shape index (κ2) is 5.47. The van der Waals surface area contributed by atoms with Gasteiger partial charge in [-0.15, -0.1) is 0 Å². The highest BCUT2D eigenvalue weighted by Gasteiger charge is 2.11. The number of carboxylic acid groups (broad SMARTS) is 1. The minimum atomic E-state index is -1.05. The van der Waals surface area contributed by atoms with E-state index in [0.717, 1.165) is 0 Å². The van der Waals surface area contributed by atoms with Gasteiger partial charge < -0.3 is 21.9 Å². The van der Waals surface area contributed by atoms with Crippen LogP contribution in [0.25, 0.3) is 0 Å². The van der Waals surface area contributed by atoms with Gasteiger partial charge in [-0.25, -0.2) is 9.97 Å². The van der Waals surface area contributed by atoms with Crippen molar-refractivity contribution in [3.8, 4) is 0 Å². The lowest BCUT2D eigenvalue weighted by Crippen LogP contribution is -2.32. The van der Waals surface area contributed by atoms with Crippen molar-refractivity contribution in [2.45, 2.75) is 12.5 Å². The van der Waals surface area contributed by atoms with Crippen LogP contribution in [0, 0.1) is 0 Å². The number of hydrogen-bond donors (Lipinski definition) is 4.